The van der Waals surface area contributed by atoms with Crippen LogP contribution in [0.4, 0.5) is 0 Å². The smallest absolute Gasteiger partial charge is 0.195 e. The van der Waals surface area contributed by atoms with Gasteiger partial charge in [-0.25, -0.2) is 0 Å². The van der Waals surface area contributed by atoms with Crippen molar-refractivity contribution in [3.63, 3.8) is 0 Å². The van der Waals surface area contributed by atoms with E-state index in [0.29, 0.717) is 17.1 Å². The fourth-order valence-corrected chi connectivity index (χ4v) is 1.33. The highest BCUT2D eigenvalue weighted by Crippen LogP contribution is 2.25. The monoisotopic (exact) mass is 224 g/mol. The van der Waals surface area contributed by atoms with Crippen LogP contribution in [-0.4, -0.2) is 33.2 Å². The summed E-state index contributed by atoms with van der Waals surface area (Å²) in [5.74, 6) is 1.01. The molecule has 16 heavy (non-hydrogen) atoms. The van der Waals surface area contributed by atoms with Crippen LogP contribution in [0.25, 0.3) is 0 Å². The van der Waals surface area contributed by atoms with Crippen LogP contribution in [0, 0.1) is 0 Å². The van der Waals surface area contributed by atoms with Crippen molar-refractivity contribution in [2.45, 2.75) is 13.0 Å². The van der Waals surface area contributed by atoms with E-state index in [1.54, 1.807) is 32.2 Å². The Morgan fingerprint density at radius 3 is 2.38 bits per heavy atom. The number of Topliss-reactive ketones (excluding diaryl/α,β-unsaturated/α-hetero) is 1. The lowest BCUT2D eigenvalue weighted by Crippen LogP contribution is -2.19. The van der Waals surface area contributed by atoms with Gasteiger partial charge in [0.2, 0.25) is 0 Å². The Labute approximate surface area is 95.1 Å². The van der Waals surface area contributed by atoms with Gasteiger partial charge in [0.25, 0.3) is 0 Å². The molecule has 0 aromatic heterocycles. The van der Waals surface area contributed by atoms with Crippen molar-refractivity contribution in [1.29, 1.82) is 0 Å². The van der Waals surface area contributed by atoms with Crippen LogP contribution in [0.5, 0.6) is 11.5 Å². The molecule has 1 aromatic rings. The molecule has 1 unspecified atom stereocenters. The number of hydrogen-bond donors (Lipinski definition) is 0. The third kappa shape index (κ3) is 2.52. The molecule has 0 aliphatic rings. The summed E-state index contributed by atoms with van der Waals surface area (Å²) < 4.78 is 15.2. The average Bonchev–Trinajstić information content (AvgIpc) is 2.35. The number of methoxy groups -OCH3 is 3. The predicted octanol–water partition coefficient (Wildman–Crippen LogP) is 1.92. The number of ketones is 1. The SMILES string of the molecule is COc1ccc(OC)c(C(=O)C(C)OC)c1. The average molecular weight is 224 g/mol. The van der Waals surface area contributed by atoms with E-state index in [9.17, 15) is 4.79 Å². The highest BCUT2D eigenvalue weighted by Gasteiger charge is 2.19. The number of carbonyl (C=O) groups excluding carboxylic acids is 1. The topological polar surface area (TPSA) is 44.8 Å². The molecule has 1 atom stereocenters. The second kappa shape index (κ2) is 5.51. The summed E-state index contributed by atoms with van der Waals surface area (Å²) in [6.07, 6.45) is -0.499. The van der Waals surface area contributed by atoms with Gasteiger partial charge in [0.05, 0.1) is 19.8 Å². The minimum Gasteiger partial charge on any atom is -0.497 e. The summed E-state index contributed by atoms with van der Waals surface area (Å²) in [7, 11) is 4.57. The van der Waals surface area contributed by atoms with E-state index in [-0.39, 0.29) is 5.78 Å². The molecule has 0 spiro atoms. The molecule has 0 fully saturated rings. The van der Waals surface area contributed by atoms with Gasteiger partial charge in [0.15, 0.2) is 5.78 Å². The van der Waals surface area contributed by atoms with Crippen molar-refractivity contribution in [3.05, 3.63) is 23.8 Å². The molecule has 88 valence electrons. The molecule has 0 bridgehead atoms. The molecule has 0 radical (unpaired) electrons. The molecular weight excluding hydrogens is 208 g/mol. The molecule has 0 aliphatic carbocycles. The van der Waals surface area contributed by atoms with Crippen molar-refractivity contribution in [2.24, 2.45) is 0 Å². The third-order valence-electron chi connectivity index (χ3n) is 2.39. The Morgan fingerprint density at radius 1 is 1.19 bits per heavy atom. The fraction of sp³-hybridized carbons (Fsp3) is 0.417. The van der Waals surface area contributed by atoms with Gasteiger partial charge in [-0.3, -0.25) is 4.79 Å². The summed E-state index contributed by atoms with van der Waals surface area (Å²) in [6.45, 7) is 1.70. The highest BCUT2D eigenvalue weighted by atomic mass is 16.5. The predicted molar refractivity (Wildman–Crippen MR) is 60.3 cm³/mol. The Kier molecular flexibility index (Phi) is 4.31. The van der Waals surface area contributed by atoms with Crippen LogP contribution in [0.2, 0.25) is 0 Å². The number of rotatable bonds is 5. The van der Waals surface area contributed by atoms with E-state index >= 15 is 0 Å². The van der Waals surface area contributed by atoms with Crippen molar-refractivity contribution in [3.8, 4) is 11.5 Å². The molecule has 0 saturated carbocycles. The van der Waals surface area contributed by atoms with Gasteiger partial charge < -0.3 is 14.2 Å². The summed E-state index contributed by atoms with van der Waals surface area (Å²) in [5, 5.41) is 0. The molecule has 0 N–H and O–H groups in total. The Morgan fingerprint density at radius 2 is 1.88 bits per heavy atom. The fourth-order valence-electron chi connectivity index (χ4n) is 1.33. The molecule has 0 heterocycles. The van der Waals surface area contributed by atoms with E-state index in [0.717, 1.165) is 0 Å². The molecule has 1 aromatic carbocycles. The van der Waals surface area contributed by atoms with Gasteiger partial charge in [-0.1, -0.05) is 0 Å². The maximum absolute atomic E-state index is 12.0. The van der Waals surface area contributed by atoms with E-state index in [4.69, 9.17) is 14.2 Å². The first kappa shape index (κ1) is 12.5. The lowest BCUT2D eigenvalue weighted by atomic mass is 10.1. The second-order valence-corrected chi connectivity index (χ2v) is 3.31. The van der Waals surface area contributed by atoms with E-state index in [1.807, 2.05) is 0 Å². The Bertz CT molecular complexity index is 373. The van der Waals surface area contributed by atoms with Gasteiger partial charge in [0.1, 0.15) is 17.6 Å². The van der Waals surface area contributed by atoms with Gasteiger partial charge in [-0.15, -0.1) is 0 Å². The van der Waals surface area contributed by atoms with Crippen LogP contribution in [0.3, 0.4) is 0 Å². The maximum atomic E-state index is 12.0. The lowest BCUT2D eigenvalue weighted by Gasteiger charge is -2.12. The maximum Gasteiger partial charge on any atom is 0.195 e. The van der Waals surface area contributed by atoms with E-state index in [1.165, 1.54) is 14.2 Å². The van der Waals surface area contributed by atoms with Crippen molar-refractivity contribution >= 4 is 5.78 Å². The molecular formula is C12H16O4. The number of ether oxygens (including phenoxy) is 3. The minimum absolute atomic E-state index is 0.127. The standard InChI is InChI=1S/C12H16O4/c1-8(14-2)12(13)10-7-9(15-3)5-6-11(10)16-4/h5-8H,1-4H3. The van der Waals surface area contributed by atoms with E-state index < -0.39 is 6.10 Å². The minimum atomic E-state index is -0.499. The van der Waals surface area contributed by atoms with Crippen molar-refractivity contribution in [2.75, 3.05) is 21.3 Å². The summed E-state index contributed by atoms with van der Waals surface area (Å²) >= 11 is 0. The summed E-state index contributed by atoms with van der Waals surface area (Å²) in [6, 6.07) is 5.10. The molecule has 4 nitrogen and oxygen atoms in total. The van der Waals surface area contributed by atoms with Gasteiger partial charge in [-0.05, 0) is 25.1 Å². The zero-order valence-electron chi connectivity index (χ0n) is 9.94. The largest absolute Gasteiger partial charge is 0.497 e. The molecule has 0 aliphatic heterocycles. The first-order chi connectivity index (χ1) is 7.63. The quantitative estimate of drug-likeness (QED) is 0.717. The zero-order valence-corrected chi connectivity index (χ0v) is 9.94. The van der Waals surface area contributed by atoms with E-state index in [2.05, 4.69) is 0 Å². The summed E-state index contributed by atoms with van der Waals surface area (Å²) in [5.41, 5.74) is 0.469. The molecule has 4 heteroatoms. The van der Waals surface area contributed by atoms with Crippen LogP contribution in [-0.2, 0) is 4.74 Å². The molecule has 0 amide bonds. The Hall–Kier alpha value is -1.55. The molecule has 0 saturated heterocycles. The van der Waals surface area contributed by atoms with Crippen molar-refractivity contribution < 1.29 is 19.0 Å². The summed E-state index contributed by atoms with van der Waals surface area (Å²) in [4.78, 5) is 12.0. The van der Waals surface area contributed by atoms with Crippen LogP contribution < -0.4 is 9.47 Å². The van der Waals surface area contributed by atoms with Crippen LogP contribution >= 0.6 is 0 Å². The third-order valence-corrected chi connectivity index (χ3v) is 2.39. The van der Waals surface area contributed by atoms with Gasteiger partial charge in [-0.2, -0.15) is 0 Å². The van der Waals surface area contributed by atoms with Gasteiger partial charge in [0, 0.05) is 7.11 Å². The first-order valence-electron chi connectivity index (χ1n) is 4.93. The van der Waals surface area contributed by atoms with Crippen molar-refractivity contribution in [1.82, 2.24) is 0 Å². The van der Waals surface area contributed by atoms with Crippen LogP contribution in [0.1, 0.15) is 17.3 Å². The first-order valence-corrected chi connectivity index (χ1v) is 4.93. The Balaban J connectivity index is 3.13. The molecule has 1 rings (SSSR count). The normalized spacial score (nSPS) is 12.0. The number of benzene rings is 1. The zero-order chi connectivity index (χ0) is 12.1. The lowest BCUT2D eigenvalue weighted by molar-refractivity contribution is 0.0652. The van der Waals surface area contributed by atoms with Gasteiger partial charge >= 0.3 is 0 Å². The highest BCUT2D eigenvalue weighted by molar-refractivity contribution is 6.02. The number of carbonyl (C=O) groups is 1. The van der Waals surface area contributed by atoms with Crippen LogP contribution in [0.15, 0.2) is 18.2 Å². The second-order valence-electron chi connectivity index (χ2n) is 3.31. The number of hydrogen-bond acceptors (Lipinski definition) is 4.